The van der Waals surface area contributed by atoms with Gasteiger partial charge in [0.15, 0.2) is 0 Å². The number of rotatable bonds is 4. The normalized spacial score (nSPS) is 15.6. The van der Waals surface area contributed by atoms with Gasteiger partial charge in [0, 0.05) is 27.2 Å². The van der Waals surface area contributed by atoms with Crippen LogP contribution in [0.1, 0.15) is 11.3 Å². The Morgan fingerprint density at radius 2 is 1.79 bits per heavy atom. The molecule has 4 nitrogen and oxygen atoms in total. The molecule has 2 amide bonds. The Morgan fingerprint density at radius 1 is 1.03 bits per heavy atom. The third kappa shape index (κ3) is 4.10. The molecule has 29 heavy (non-hydrogen) atoms. The lowest BCUT2D eigenvalue weighted by atomic mass is 10.2. The number of hydrogen-bond donors (Lipinski definition) is 0. The van der Waals surface area contributed by atoms with Crippen molar-refractivity contribution < 1.29 is 18.4 Å². The van der Waals surface area contributed by atoms with Gasteiger partial charge in [0.2, 0.25) is 0 Å². The summed E-state index contributed by atoms with van der Waals surface area (Å²) >= 11 is 12.7. The second-order valence-corrected chi connectivity index (χ2v) is 8.01. The molecule has 3 aromatic rings. The average molecular weight is 448 g/mol. The fourth-order valence-electron chi connectivity index (χ4n) is 2.81. The molecular weight excluding hydrogens is 436 g/mol. The highest BCUT2D eigenvalue weighted by molar-refractivity contribution is 8.18. The molecule has 1 aromatic heterocycles. The highest BCUT2D eigenvalue weighted by atomic mass is 35.5. The summed E-state index contributed by atoms with van der Waals surface area (Å²) in [7, 11) is 0. The molecule has 4 rings (SSSR count). The van der Waals surface area contributed by atoms with Crippen LogP contribution in [0, 0.1) is 5.82 Å². The summed E-state index contributed by atoms with van der Waals surface area (Å²) < 4.78 is 19.8. The molecule has 0 unspecified atom stereocenters. The molecule has 0 aliphatic carbocycles. The van der Waals surface area contributed by atoms with Crippen LogP contribution in [0.5, 0.6) is 0 Å². The smallest absolute Gasteiger partial charge is 0.293 e. The third-order valence-corrected chi connectivity index (χ3v) is 5.79. The zero-order valence-corrected chi connectivity index (χ0v) is 17.0. The molecule has 2 aromatic carbocycles. The van der Waals surface area contributed by atoms with Crippen molar-refractivity contribution in [1.82, 2.24) is 4.90 Å². The molecule has 1 aliphatic rings. The van der Waals surface area contributed by atoms with E-state index < -0.39 is 17.0 Å². The predicted octanol–water partition coefficient (Wildman–Crippen LogP) is 6.63. The molecule has 1 aliphatic heterocycles. The maximum Gasteiger partial charge on any atom is 0.293 e. The zero-order valence-electron chi connectivity index (χ0n) is 14.7. The van der Waals surface area contributed by atoms with Gasteiger partial charge in [-0.25, -0.2) is 4.39 Å². The van der Waals surface area contributed by atoms with Crippen LogP contribution in [0.15, 0.2) is 63.9 Å². The van der Waals surface area contributed by atoms with E-state index in [-0.39, 0.29) is 22.0 Å². The average Bonchev–Trinajstić information content (AvgIpc) is 3.25. The minimum Gasteiger partial charge on any atom is -0.457 e. The van der Waals surface area contributed by atoms with Gasteiger partial charge in [-0.2, -0.15) is 0 Å². The van der Waals surface area contributed by atoms with Crippen molar-refractivity contribution in [2.75, 3.05) is 0 Å². The second-order valence-electron chi connectivity index (χ2n) is 6.18. The van der Waals surface area contributed by atoms with Crippen molar-refractivity contribution in [1.29, 1.82) is 0 Å². The van der Waals surface area contributed by atoms with Crippen LogP contribution in [0.2, 0.25) is 10.0 Å². The minimum atomic E-state index is -0.570. The lowest BCUT2D eigenvalue weighted by molar-refractivity contribution is -0.123. The Labute approximate surface area is 179 Å². The van der Waals surface area contributed by atoms with Crippen LogP contribution < -0.4 is 0 Å². The van der Waals surface area contributed by atoms with E-state index in [0.29, 0.717) is 16.5 Å². The van der Waals surface area contributed by atoms with Crippen molar-refractivity contribution >= 4 is 52.2 Å². The first-order chi connectivity index (χ1) is 13.9. The monoisotopic (exact) mass is 447 g/mol. The topological polar surface area (TPSA) is 50.5 Å². The molecule has 1 saturated heterocycles. The van der Waals surface area contributed by atoms with E-state index in [2.05, 4.69) is 0 Å². The lowest BCUT2D eigenvalue weighted by Gasteiger charge is -2.14. The maximum absolute atomic E-state index is 14.0. The second kappa shape index (κ2) is 8.06. The Balaban J connectivity index is 1.56. The molecule has 0 spiro atoms. The van der Waals surface area contributed by atoms with E-state index in [1.807, 2.05) is 12.1 Å². The van der Waals surface area contributed by atoms with Crippen LogP contribution >= 0.6 is 35.0 Å². The Kier molecular flexibility index (Phi) is 5.50. The highest BCUT2D eigenvalue weighted by Gasteiger charge is 2.36. The minimum absolute atomic E-state index is 0.0979. The van der Waals surface area contributed by atoms with Crippen LogP contribution in [-0.2, 0) is 11.3 Å². The van der Waals surface area contributed by atoms with E-state index in [4.69, 9.17) is 27.6 Å². The van der Waals surface area contributed by atoms with Gasteiger partial charge >= 0.3 is 0 Å². The van der Waals surface area contributed by atoms with E-state index in [9.17, 15) is 14.0 Å². The predicted molar refractivity (Wildman–Crippen MR) is 112 cm³/mol. The van der Waals surface area contributed by atoms with Gasteiger partial charge < -0.3 is 4.42 Å². The van der Waals surface area contributed by atoms with E-state index >= 15 is 0 Å². The number of carbonyl (C=O) groups is 2. The van der Waals surface area contributed by atoms with Crippen molar-refractivity contribution in [2.24, 2.45) is 0 Å². The first kappa shape index (κ1) is 19.8. The molecule has 0 radical (unpaired) electrons. The van der Waals surface area contributed by atoms with Gasteiger partial charge in [-0.3, -0.25) is 14.5 Å². The largest absolute Gasteiger partial charge is 0.457 e. The summed E-state index contributed by atoms with van der Waals surface area (Å²) in [5.41, 5.74) is 0.928. The molecule has 0 bridgehead atoms. The summed E-state index contributed by atoms with van der Waals surface area (Å²) in [6.45, 7) is -0.234. The van der Waals surface area contributed by atoms with Gasteiger partial charge in [0.1, 0.15) is 17.3 Å². The SMILES string of the molecule is O=C1S/C(=C/c2ccc(-c3ccc(Cl)cc3)o2)C(=O)N1Cc1c(F)cccc1Cl. The number of thioether (sulfide) groups is 1. The summed E-state index contributed by atoms with van der Waals surface area (Å²) in [6, 6.07) is 14.8. The van der Waals surface area contributed by atoms with Crippen molar-refractivity contribution in [3.63, 3.8) is 0 Å². The zero-order chi connectivity index (χ0) is 20.5. The fourth-order valence-corrected chi connectivity index (χ4v) is 3.97. The van der Waals surface area contributed by atoms with Gasteiger partial charge in [0.25, 0.3) is 11.1 Å². The van der Waals surface area contributed by atoms with Crippen LogP contribution in [0.4, 0.5) is 9.18 Å². The first-order valence-corrected chi connectivity index (χ1v) is 10.0. The van der Waals surface area contributed by atoms with E-state index in [0.717, 1.165) is 22.2 Å². The van der Waals surface area contributed by atoms with Crippen LogP contribution in [0.3, 0.4) is 0 Å². The molecule has 0 N–H and O–H groups in total. The summed E-state index contributed by atoms with van der Waals surface area (Å²) in [5.74, 6) is -0.0717. The molecule has 8 heteroatoms. The Morgan fingerprint density at radius 3 is 2.52 bits per heavy atom. The molecule has 146 valence electrons. The van der Waals surface area contributed by atoms with E-state index in [1.54, 1.807) is 24.3 Å². The number of nitrogens with zero attached hydrogens (tertiary/aromatic N) is 1. The quantitative estimate of drug-likeness (QED) is 0.421. The number of imide groups is 1. The Bertz CT molecular complexity index is 1120. The number of halogens is 3. The van der Waals surface area contributed by atoms with E-state index in [1.165, 1.54) is 24.3 Å². The molecular formula is C21H12Cl2FNO3S. The first-order valence-electron chi connectivity index (χ1n) is 8.46. The van der Waals surface area contributed by atoms with Crippen LogP contribution in [-0.4, -0.2) is 16.0 Å². The van der Waals surface area contributed by atoms with Crippen LogP contribution in [0.25, 0.3) is 17.4 Å². The standard InChI is InChI=1S/C21H12Cl2FNO3S/c22-13-6-4-12(5-7-13)18-9-8-14(28-18)10-19-20(26)25(21(27)29-19)11-15-16(23)2-1-3-17(15)24/h1-10H,11H2/b19-10+. The summed E-state index contributed by atoms with van der Waals surface area (Å²) in [5, 5.41) is 0.279. The van der Waals surface area contributed by atoms with Gasteiger partial charge in [-0.05, 0) is 60.3 Å². The highest BCUT2D eigenvalue weighted by Crippen LogP contribution is 2.35. The number of hydrogen-bond acceptors (Lipinski definition) is 4. The number of amides is 2. The van der Waals surface area contributed by atoms with Crippen molar-refractivity contribution in [3.8, 4) is 11.3 Å². The summed E-state index contributed by atoms with van der Waals surface area (Å²) in [4.78, 5) is 26.1. The molecule has 0 saturated carbocycles. The lowest BCUT2D eigenvalue weighted by Crippen LogP contribution is -2.28. The number of furan rings is 1. The van der Waals surface area contributed by atoms with Gasteiger partial charge in [-0.15, -0.1) is 0 Å². The maximum atomic E-state index is 14.0. The summed E-state index contributed by atoms with van der Waals surface area (Å²) in [6.07, 6.45) is 1.49. The fraction of sp³-hybridized carbons (Fsp3) is 0.0476. The third-order valence-electron chi connectivity index (χ3n) is 4.28. The molecule has 2 heterocycles. The van der Waals surface area contributed by atoms with Gasteiger partial charge in [-0.1, -0.05) is 29.3 Å². The molecule has 0 atom stereocenters. The number of benzene rings is 2. The van der Waals surface area contributed by atoms with Gasteiger partial charge in [0.05, 0.1) is 11.4 Å². The van der Waals surface area contributed by atoms with Crippen molar-refractivity contribution in [3.05, 3.63) is 86.7 Å². The Hall–Kier alpha value is -2.54. The van der Waals surface area contributed by atoms with Crippen molar-refractivity contribution in [2.45, 2.75) is 6.54 Å². The molecule has 1 fully saturated rings. The number of carbonyl (C=O) groups excluding carboxylic acids is 2.